The molecule has 0 aliphatic carbocycles. The highest BCUT2D eigenvalue weighted by Crippen LogP contribution is 2.16. The van der Waals surface area contributed by atoms with Crippen LogP contribution in [-0.2, 0) is 11.8 Å². The number of hydrogen-bond donors (Lipinski definition) is 5. The first-order valence-electron chi connectivity index (χ1n) is 7.98. The Morgan fingerprint density at radius 1 is 1.40 bits per heavy atom. The number of carbonyl (C=O) groups excluding carboxylic acids is 2. The van der Waals surface area contributed by atoms with Crippen molar-refractivity contribution >= 4 is 28.8 Å². The molecule has 25 heavy (non-hydrogen) atoms. The van der Waals surface area contributed by atoms with Gasteiger partial charge in [-0.05, 0) is 0 Å². The third kappa shape index (κ3) is 4.44. The lowest BCUT2D eigenvalue weighted by Gasteiger charge is -2.21. The van der Waals surface area contributed by atoms with Crippen molar-refractivity contribution < 1.29 is 19.3 Å². The predicted octanol–water partition coefficient (Wildman–Crippen LogP) is -0.706. The van der Waals surface area contributed by atoms with Crippen LogP contribution in [0, 0.1) is 5.41 Å². The van der Waals surface area contributed by atoms with E-state index < -0.39 is 5.41 Å². The molecule has 0 spiro atoms. The molecule has 0 aromatic carbocycles. The van der Waals surface area contributed by atoms with E-state index in [1.807, 2.05) is 20.9 Å². The molecule has 0 aliphatic rings. The highest BCUT2D eigenvalue weighted by Gasteiger charge is 2.23. The maximum Gasteiger partial charge on any atom is 0.306 e. The summed E-state index contributed by atoms with van der Waals surface area (Å²) in [6.07, 6.45) is 3.33. The summed E-state index contributed by atoms with van der Waals surface area (Å²) < 4.78 is 1.79. The quantitative estimate of drug-likeness (QED) is 0.423. The van der Waals surface area contributed by atoms with Crippen molar-refractivity contribution in [2.75, 3.05) is 32.1 Å². The van der Waals surface area contributed by atoms with Crippen molar-refractivity contribution in [2.45, 2.75) is 13.8 Å². The molecule has 0 saturated carbocycles. The van der Waals surface area contributed by atoms with Crippen LogP contribution in [0.2, 0.25) is 0 Å². The van der Waals surface area contributed by atoms with Crippen LogP contribution in [0.5, 0.6) is 0 Å². The molecule has 2 heterocycles. The third-order valence-electron chi connectivity index (χ3n) is 3.84. The van der Waals surface area contributed by atoms with E-state index in [0.717, 1.165) is 0 Å². The van der Waals surface area contributed by atoms with Gasteiger partial charge in [0.25, 0.3) is 5.91 Å². The minimum atomic E-state index is -0.403. The fourth-order valence-electron chi connectivity index (χ4n) is 2.17. The van der Waals surface area contributed by atoms with Crippen LogP contribution in [0.1, 0.15) is 24.2 Å². The molecular formula is C16H25N6O3+. The van der Waals surface area contributed by atoms with Gasteiger partial charge in [0, 0.05) is 25.6 Å². The summed E-state index contributed by atoms with van der Waals surface area (Å²) in [4.78, 5) is 31.3. The maximum absolute atomic E-state index is 12.5. The second kappa shape index (κ2) is 7.47. The SMILES string of the molecule is CNC(=O)CNc1c[n+](C)c2[nH]cc(C(=O)NCC(C)(C)CO)c2n1. The fourth-order valence-corrected chi connectivity index (χ4v) is 2.17. The van der Waals surface area contributed by atoms with E-state index in [2.05, 4.69) is 25.9 Å². The summed E-state index contributed by atoms with van der Waals surface area (Å²) in [5.41, 5.74) is 1.20. The van der Waals surface area contributed by atoms with Crippen molar-refractivity contribution in [3.63, 3.8) is 0 Å². The molecule has 0 bridgehead atoms. The Hall–Kier alpha value is -2.68. The van der Waals surface area contributed by atoms with Crippen molar-refractivity contribution in [2.24, 2.45) is 12.5 Å². The number of hydrogen-bond acceptors (Lipinski definition) is 5. The van der Waals surface area contributed by atoms with E-state index in [9.17, 15) is 14.7 Å². The zero-order chi connectivity index (χ0) is 18.6. The summed E-state index contributed by atoms with van der Waals surface area (Å²) >= 11 is 0. The third-order valence-corrected chi connectivity index (χ3v) is 3.84. The molecule has 0 atom stereocenters. The molecule has 136 valence electrons. The zero-order valence-corrected chi connectivity index (χ0v) is 14.9. The van der Waals surface area contributed by atoms with Gasteiger partial charge in [-0.25, -0.2) is 14.5 Å². The van der Waals surface area contributed by atoms with E-state index in [1.165, 1.54) is 0 Å². The molecule has 2 aromatic rings. The number of anilines is 1. The normalized spacial score (nSPS) is 11.4. The highest BCUT2D eigenvalue weighted by molar-refractivity contribution is 6.04. The molecular weight excluding hydrogens is 324 g/mol. The molecule has 2 rings (SSSR count). The van der Waals surface area contributed by atoms with Gasteiger partial charge in [-0.3, -0.25) is 9.59 Å². The number of H-pyrrole nitrogens is 1. The van der Waals surface area contributed by atoms with Gasteiger partial charge in [-0.15, -0.1) is 0 Å². The molecule has 0 radical (unpaired) electrons. The summed E-state index contributed by atoms with van der Waals surface area (Å²) in [7, 11) is 3.38. The number of likely N-dealkylation sites (N-methyl/N-ethyl adjacent to an activating group) is 1. The van der Waals surface area contributed by atoms with Gasteiger partial charge in [-0.1, -0.05) is 13.8 Å². The average Bonchev–Trinajstić information content (AvgIpc) is 3.02. The van der Waals surface area contributed by atoms with Crippen LogP contribution in [-0.4, -0.2) is 53.6 Å². The topological polar surface area (TPSA) is 123 Å². The van der Waals surface area contributed by atoms with Crippen LogP contribution in [0.25, 0.3) is 11.2 Å². The molecule has 2 aromatic heterocycles. The van der Waals surface area contributed by atoms with Gasteiger partial charge in [0.1, 0.15) is 18.0 Å². The highest BCUT2D eigenvalue weighted by atomic mass is 16.3. The lowest BCUT2D eigenvalue weighted by molar-refractivity contribution is -0.646. The number of aliphatic hydroxyl groups excluding tert-OH is 1. The van der Waals surface area contributed by atoms with Gasteiger partial charge < -0.3 is 21.1 Å². The van der Waals surface area contributed by atoms with E-state index in [-0.39, 0.29) is 25.0 Å². The summed E-state index contributed by atoms with van der Waals surface area (Å²) in [6.45, 7) is 4.13. The number of rotatable bonds is 7. The monoisotopic (exact) mass is 349 g/mol. The Morgan fingerprint density at radius 2 is 2.12 bits per heavy atom. The number of amides is 2. The minimum absolute atomic E-state index is 0.0259. The Bertz CT molecular complexity index is 784. The number of nitrogens with zero attached hydrogens (tertiary/aromatic N) is 2. The Morgan fingerprint density at radius 3 is 2.76 bits per heavy atom. The Labute approximate surface area is 145 Å². The first-order valence-corrected chi connectivity index (χ1v) is 7.98. The molecule has 9 heteroatoms. The van der Waals surface area contributed by atoms with Gasteiger partial charge in [0.2, 0.25) is 5.91 Å². The number of aryl methyl sites for hydroxylation is 1. The molecule has 0 unspecified atom stereocenters. The molecule has 0 fully saturated rings. The van der Waals surface area contributed by atoms with E-state index in [1.54, 1.807) is 24.0 Å². The smallest absolute Gasteiger partial charge is 0.306 e. The number of aliphatic hydroxyl groups is 1. The zero-order valence-electron chi connectivity index (χ0n) is 14.9. The number of aromatic amines is 1. The minimum Gasteiger partial charge on any atom is -0.396 e. The van der Waals surface area contributed by atoms with Gasteiger partial charge >= 0.3 is 5.65 Å². The van der Waals surface area contributed by atoms with Gasteiger partial charge in [-0.2, -0.15) is 0 Å². The number of nitrogens with one attached hydrogen (secondary N) is 4. The van der Waals surface area contributed by atoms with Crippen LogP contribution in [0.4, 0.5) is 5.82 Å². The lowest BCUT2D eigenvalue weighted by Crippen LogP contribution is -2.36. The van der Waals surface area contributed by atoms with E-state index >= 15 is 0 Å². The van der Waals surface area contributed by atoms with Crippen molar-refractivity contribution in [3.8, 4) is 0 Å². The molecule has 5 N–H and O–H groups in total. The second-order valence-electron chi connectivity index (χ2n) is 6.67. The van der Waals surface area contributed by atoms with Crippen LogP contribution >= 0.6 is 0 Å². The van der Waals surface area contributed by atoms with Crippen molar-refractivity contribution in [3.05, 3.63) is 18.0 Å². The van der Waals surface area contributed by atoms with E-state index in [4.69, 9.17) is 0 Å². The maximum atomic E-state index is 12.5. The van der Waals surface area contributed by atoms with Crippen molar-refractivity contribution in [1.29, 1.82) is 0 Å². The molecule has 2 amide bonds. The lowest BCUT2D eigenvalue weighted by atomic mass is 9.95. The number of aromatic nitrogens is 3. The van der Waals surface area contributed by atoms with Gasteiger partial charge in [0.05, 0.1) is 13.6 Å². The standard InChI is InChI=1S/C16H24N6O3/c1-16(2,9-23)8-20-15(25)10-5-19-14-13(10)21-11(7-22(14)4)18-6-12(24)17-3/h5,7,18,23H,6,8-9H2,1-4H3,(H2,17,20,24,25)/p+1. The molecule has 0 aliphatic heterocycles. The summed E-state index contributed by atoms with van der Waals surface area (Å²) in [5, 5.41) is 17.6. The fraction of sp³-hybridized carbons (Fsp3) is 0.500. The number of fused-ring (bicyclic) bond motifs is 1. The van der Waals surface area contributed by atoms with Crippen LogP contribution < -0.4 is 20.5 Å². The molecule has 9 nitrogen and oxygen atoms in total. The largest absolute Gasteiger partial charge is 0.396 e. The number of carbonyl (C=O) groups is 2. The predicted molar refractivity (Wildman–Crippen MR) is 93.0 cm³/mol. The summed E-state index contributed by atoms with van der Waals surface area (Å²) in [5.74, 6) is 0.0504. The van der Waals surface area contributed by atoms with Crippen LogP contribution in [0.15, 0.2) is 12.4 Å². The summed E-state index contributed by atoms with van der Waals surface area (Å²) in [6, 6.07) is 0. The van der Waals surface area contributed by atoms with Crippen molar-refractivity contribution in [1.82, 2.24) is 20.6 Å². The molecule has 0 saturated heterocycles. The van der Waals surface area contributed by atoms with E-state index in [0.29, 0.717) is 29.1 Å². The average molecular weight is 349 g/mol. The van der Waals surface area contributed by atoms with Gasteiger partial charge in [0.15, 0.2) is 11.3 Å². The Kier molecular flexibility index (Phi) is 5.58. The Balaban J connectivity index is 2.24. The first-order chi connectivity index (χ1) is 11.8. The second-order valence-corrected chi connectivity index (χ2v) is 6.67. The first kappa shape index (κ1) is 18.7. The van der Waals surface area contributed by atoms with Crippen LogP contribution in [0.3, 0.4) is 0 Å².